The van der Waals surface area contributed by atoms with Crippen LogP contribution in [0.15, 0.2) is 77.4 Å². The van der Waals surface area contributed by atoms with Gasteiger partial charge in [0.2, 0.25) is 5.91 Å². The molecule has 7 heteroatoms. The molecular weight excluding hydrogens is 430 g/mol. The summed E-state index contributed by atoms with van der Waals surface area (Å²) in [6.45, 7) is 3.72. The van der Waals surface area contributed by atoms with Crippen LogP contribution in [0.25, 0.3) is 0 Å². The van der Waals surface area contributed by atoms with Crippen LogP contribution in [-0.2, 0) is 22.6 Å². The zero-order valence-electron chi connectivity index (χ0n) is 19.5. The second-order valence-electron chi connectivity index (χ2n) is 8.63. The fourth-order valence-corrected chi connectivity index (χ4v) is 4.07. The number of furan rings is 1. The lowest BCUT2D eigenvalue weighted by atomic mass is 10.2. The molecule has 1 aromatic heterocycles. The number of aryl methyl sites for hydroxylation is 1. The molecule has 1 aliphatic heterocycles. The number of carbonyl (C=O) groups is 2. The van der Waals surface area contributed by atoms with Gasteiger partial charge < -0.3 is 24.3 Å². The van der Waals surface area contributed by atoms with Crippen molar-refractivity contribution in [1.82, 2.24) is 9.80 Å². The number of nitrogens with zero attached hydrogens (tertiary/aromatic N) is 2. The smallest absolute Gasteiger partial charge is 0.322 e. The maximum absolute atomic E-state index is 13.5. The van der Waals surface area contributed by atoms with Crippen LogP contribution in [0.2, 0.25) is 0 Å². The van der Waals surface area contributed by atoms with Crippen LogP contribution in [0.5, 0.6) is 0 Å². The highest BCUT2D eigenvalue weighted by Crippen LogP contribution is 2.17. The minimum atomic E-state index is -0.313. The molecule has 1 fully saturated rings. The Bertz CT molecular complexity index is 1060. The average Bonchev–Trinajstić information content (AvgIpc) is 3.53. The number of nitrogens with one attached hydrogen (secondary N) is 1. The standard InChI is InChI=1S/C27H31N3O4/c1-21-8-5-11-23(16-21)28-27(32)30(19-25-13-7-15-34-25)20-26(31)29(18-24-12-6-14-33-24)17-22-9-3-2-4-10-22/h2-6,8-12,14,16,25H,7,13,15,17-20H2,1H3,(H,28,32). The van der Waals surface area contributed by atoms with Crippen molar-refractivity contribution in [3.8, 4) is 0 Å². The first-order valence-electron chi connectivity index (χ1n) is 11.6. The Hall–Kier alpha value is -3.58. The van der Waals surface area contributed by atoms with E-state index in [0.29, 0.717) is 37.7 Å². The number of ether oxygens (including phenoxy) is 1. The van der Waals surface area contributed by atoms with Gasteiger partial charge >= 0.3 is 6.03 Å². The number of rotatable bonds is 9. The zero-order chi connectivity index (χ0) is 23.8. The molecule has 34 heavy (non-hydrogen) atoms. The van der Waals surface area contributed by atoms with Gasteiger partial charge in [0.15, 0.2) is 0 Å². The molecule has 1 atom stereocenters. The average molecular weight is 462 g/mol. The van der Waals surface area contributed by atoms with Crippen molar-refractivity contribution in [2.45, 2.75) is 39.0 Å². The highest BCUT2D eigenvalue weighted by atomic mass is 16.5. The summed E-state index contributed by atoms with van der Waals surface area (Å²) >= 11 is 0. The van der Waals surface area contributed by atoms with Crippen LogP contribution in [0.4, 0.5) is 10.5 Å². The van der Waals surface area contributed by atoms with E-state index < -0.39 is 0 Å². The normalized spacial score (nSPS) is 15.1. The Labute approximate surface area is 200 Å². The van der Waals surface area contributed by atoms with Crippen LogP contribution in [0.1, 0.15) is 29.7 Å². The Balaban J connectivity index is 1.50. The van der Waals surface area contributed by atoms with Crippen molar-refractivity contribution in [2.24, 2.45) is 0 Å². The van der Waals surface area contributed by atoms with Crippen LogP contribution in [0, 0.1) is 6.92 Å². The minimum absolute atomic E-state index is 0.0505. The molecule has 3 aromatic rings. The molecule has 1 unspecified atom stereocenters. The summed E-state index contributed by atoms with van der Waals surface area (Å²) < 4.78 is 11.3. The first kappa shape index (κ1) is 23.6. The molecule has 3 amide bonds. The summed E-state index contributed by atoms with van der Waals surface area (Å²) in [5.74, 6) is 0.539. The number of urea groups is 1. The van der Waals surface area contributed by atoms with E-state index in [2.05, 4.69) is 5.32 Å². The van der Waals surface area contributed by atoms with Crippen molar-refractivity contribution < 1.29 is 18.7 Å². The summed E-state index contributed by atoms with van der Waals surface area (Å²) in [7, 11) is 0. The molecule has 7 nitrogen and oxygen atoms in total. The largest absolute Gasteiger partial charge is 0.467 e. The van der Waals surface area contributed by atoms with Crippen molar-refractivity contribution in [3.63, 3.8) is 0 Å². The molecule has 1 saturated heterocycles. The minimum Gasteiger partial charge on any atom is -0.467 e. The van der Waals surface area contributed by atoms with Gasteiger partial charge in [-0.3, -0.25) is 4.79 Å². The van der Waals surface area contributed by atoms with Gasteiger partial charge in [0, 0.05) is 25.4 Å². The fourth-order valence-electron chi connectivity index (χ4n) is 4.07. The highest BCUT2D eigenvalue weighted by molar-refractivity contribution is 5.92. The number of hydrogen-bond acceptors (Lipinski definition) is 4. The van der Waals surface area contributed by atoms with E-state index >= 15 is 0 Å². The Morgan fingerprint density at radius 2 is 1.85 bits per heavy atom. The van der Waals surface area contributed by atoms with E-state index in [4.69, 9.17) is 9.15 Å². The summed E-state index contributed by atoms with van der Waals surface area (Å²) in [5, 5.41) is 2.94. The fraction of sp³-hybridized carbons (Fsp3) is 0.333. The quantitative estimate of drug-likeness (QED) is 0.495. The topological polar surface area (TPSA) is 75.0 Å². The molecule has 0 radical (unpaired) electrons. The van der Waals surface area contributed by atoms with Gasteiger partial charge in [-0.15, -0.1) is 0 Å². The van der Waals surface area contributed by atoms with Gasteiger partial charge in [0.05, 0.1) is 18.9 Å². The molecule has 0 aliphatic carbocycles. The second kappa shape index (κ2) is 11.5. The predicted octanol–water partition coefficient (Wildman–Crippen LogP) is 4.83. The zero-order valence-corrected chi connectivity index (χ0v) is 19.5. The van der Waals surface area contributed by atoms with Crippen molar-refractivity contribution >= 4 is 17.6 Å². The van der Waals surface area contributed by atoms with E-state index in [0.717, 1.165) is 24.0 Å². The summed E-state index contributed by atoms with van der Waals surface area (Å²) in [6.07, 6.45) is 3.37. The lowest BCUT2D eigenvalue weighted by molar-refractivity contribution is -0.133. The van der Waals surface area contributed by atoms with E-state index in [1.54, 1.807) is 22.1 Å². The number of carbonyl (C=O) groups excluding carboxylic acids is 2. The molecule has 0 saturated carbocycles. The molecule has 178 valence electrons. The SMILES string of the molecule is Cc1cccc(NC(=O)N(CC(=O)N(Cc2ccccc2)Cc2ccco2)CC2CCCO2)c1. The number of anilines is 1. The highest BCUT2D eigenvalue weighted by Gasteiger charge is 2.27. The van der Waals surface area contributed by atoms with Crippen molar-refractivity contribution in [1.29, 1.82) is 0 Å². The van der Waals surface area contributed by atoms with Gasteiger partial charge in [-0.25, -0.2) is 4.79 Å². The van der Waals surface area contributed by atoms with Crippen LogP contribution in [-0.4, -0.2) is 47.5 Å². The van der Waals surface area contributed by atoms with Gasteiger partial charge in [-0.2, -0.15) is 0 Å². The summed E-state index contributed by atoms with van der Waals surface area (Å²) in [4.78, 5) is 30.0. The van der Waals surface area contributed by atoms with Crippen molar-refractivity contribution in [3.05, 3.63) is 89.9 Å². The van der Waals surface area contributed by atoms with E-state index in [-0.39, 0.29) is 24.6 Å². The molecule has 0 spiro atoms. The number of benzene rings is 2. The molecule has 2 aromatic carbocycles. The van der Waals surface area contributed by atoms with E-state index in [9.17, 15) is 9.59 Å². The Morgan fingerprint density at radius 1 is 1.00 bits per heavy atom. The van der Waals surface area contributed by atoms with Crippen LogP contribution < -0.4 is 5.32 Å². The third-order valence-corrected chi connectivity index (χ3v) is 5.83. The molecule has 0 bridgehead atoms. The van der Waals surface area contributed by atoms with E-state index in [1.807, 2.05) is 67.6 Å². The first-order valence-corrected chi connectivity index (χ1v) is 11.6. The Morgan fingerprint density at radius 3 is 2.56 bits per heavy atom. The predicted molar refractivity (Wildman–Crippen MR) is 130 cm³/mol. The number of amides is 3. The number of hydrogen-bond donors (Lipinski definition) is 1. The van der Waals surface area contributed by atoms with Gasteiger partial charge in [0.25, 0.3) is 0 Å². The monoisotopic (exact) mass is 461 g/mol. The molecular formula is C27H31N3O4. The second-order valence-corrected chi connectivity index (χ2v) is 8.63. The lowest BCUT2D eigenvalue weighted by Gasteiger charge is -2.29. The first-order chi connectivity index (χ1) is 16.6. The lowest BCUT2D eigenvalue weighted by Crippen LogP contribution is -2.46. The molecule has 1 N–H and O–H groups in total. The summed E-state index contributed by atoms with van der Waals surface area (Å²) in [6, 6.07) is 20.8. The maximum Gasteiger partial charge on any atom is 0.322 e. The Kier molecular flexibility index (Phi) is 7.99. The van der Waals surface area contributed by atoms with Crippen LogP contribution >= 0.6 is 0 Å². The van der Waals surface area contributed by atoms with Gasteiger partial charge in [-0.05, 0) is 55.2 Å². The van der Waals surface area contributed by atoms with Crippen molar-refractivity contribution in [2.75, 3.05) is 25.0 Å². The van der Waals surface area contributed by atoms with Gasteiger partial charge in [0.1, 0.15) is 12.3 Å². The molecule has 4 rings (SSSR count). The maximum atomic E-state index is 13.5. The third kappa shape index (κ3) is 6.71. The van der Waals surface area contributed by atoms with Crippen LogP contribution in [0.3, 0.4) is 0 Å². The third-order valence-electron chi connectivity index (χ3n) is 5.83. The summed E-state index contributed by atoms with van der Waals surface area (Å²) in [5.41, 5.74) is 2.76. The molecule has 2 heterocycles. The van der Waals surface area contributed by atoms with E-state index in [1.165, 1.54) is 0 Å². The molecule has 1 aliphatic rings. The van der Waals surface area contributed by atoms with Gasteiger partial charge in [-0.1, -0.05) is 42.5 Å².